The first-order chi connectivity index (χ1) is 16.0. The van der Waals surface area contributed by atoms with Gasteiger partial charge in [-0.25, -0.2) is 5.43 Å². The molecule has 4 aromatic rings. The zero-order chi connectivity index (χ0) is 23.2. The van der Waals surface area contributed by atoms with Gasteiger partial charge in [0.2, 0.25) is 0 Å². The van der Waals surface area contributed by atoms with Crippen LogP contribution in [0.25, 0.3) is 17.1 Å². The van der Waals surface area contributed by atoms with Crippen molar-refractivity contribution in [3.63, 3.8) is 0 Å². The van der Waals surface area contributed by atoms with Crippen LogP contribution in [0.2, 0.25) is 5.02 Å². The lowest BCUT2D eigenvalue weighted by Gasteiger charge is -2.11. The molecule has 3 aromatic carbocycles. The van der Waals surface area contributed by atoms with Gasteiger partial charge in [-0.3, -0.25) is 9.36 Å². The number of nitrogens with one attached hydrogen (secondary N) is 1. The maximum Gasteiger partial charge on any atom is 0.250 e. The standard InChI is InChI=1S/C25H22ClN5OS/c1-17-3-9-20(10-4-17)24-29-30-25(31(24)22-13-5-18(2)6-14-22)33-16-23(32)28-27-15-19-7-11-21(26)12-8-19/h3-15H,16H2,1-2H3,(H,28,32)/b27-15+. The summed E-state index contributed by atoms with van der Waals surface area (Å²) in [6.07, 6.45) is 1.57. The monoisotopic (exact) mass is 475 g/mol. The minimum Gasteiger partial charge on any atom is -0.272 e. The summed E-state index contributed by atoms with van der Waals surface area (Å²) >= 11 is 7.19. The van der Waals surface area contributed by atoms with Crippen LogP contribution in [0.3, 0.4) is 0 Å². The minimum atomic E-state index is -0.236. The van der Waals surface area contributed by atoms with Crippen LogP contribution in [-0.2, 0) is 4.79 Å². The Morgan fingerprint density at radius 3 is 2.27 bits per heavy atom. The second-order valence-electron chi connectivity index (χ2n) is 7.48. The van der Waals surface area contributed by atoms with Crippen LogP contribution in [0.1, 0.15) is 16.7 Å². The normalized spacial score (nSPS) is 11.1. The van der Waals surface area contributed by atoms with Crippen molar-refractivity contribution in [2.75, 3.05) is 5.75 Å². The summed E-state index contributed by atoms with van der Waals surface area (Å²) in [6, 6.07) is 23.5. The van der Waals surface area contributed by atoms with Gasteiger partial charge in [0, 0.05) is 16.3 Å². The number of halogens is 1. The summed E-state index contributed by atoms with van der Waals surface area (Å²) < 4.78 is 1.97. The lowest BCUT2D eigenvalue weighted by molar-refractivity contribution is -0.118. The zero-order valence-electron chi connectivity index (χ0n) is 18.2. The highest BCUT2D eigenvalue weighted by Crippen LogP contribution is 2.28. The van der Waals surface area contributed by atoms with Crippen LogP contribution in [-0.4, -0.2) is 32.6 Å². The molecule has 4 rings (SSSR count). The van der Waals surface area contributed by atoms with Crippen LogP contribution in [0.5, 0.6) is 0 Å². The number of rotatable bonds is 7. The van der Waals surface area contributed by atoms with Gasteiger partial charge in [0.1, 0.15) is 0 Å². The molecule has 166 valence electrons. The molecule has 0 bridgehead atoms. The second kappa shape index (κ2) is 10.5. The van der Waals surface area contributed by atoms with E-state index in [1.54, 1.807) is 18.3 Å². The molecule has 0 aliphatic rings. The molecule has 0 saturated heterocycles. The topological polar surface area (TPSA) is 72.2 Å². The van der Waals surface area contributed by atoms with Crippen LogP contribution < -0.4 is 5.43 Å². The number of carbonyl (C=O) groups is 1. The predicted molar refractivity (Wildman–Crippen MR) is 134 cm³/mol. The molecule has 1 amide bonds. The van der Waals surface area contributed by atoms with E-state index in [1.807, 2.05) is 79.1 Å². The van der Waals surface area contributed by atoms with E-state index in [9.17, 15) is 4.79 Å². The molecule has 0 radical (unpaired) electrons. The van der Waals surface area contributed by atoms with Crippen LogP contribution in [0.15, 0.2) is 83.1 Å². The number of nitrogens with zero attached hydrogens (tertiary/aromatic N) is 4. The largest absolute Gasteiger partial charge is 0.272 e. The molecule has 6 nitrogen and oxygen atoms in total. The fraction of sp³-hybridized carbons (Fsp3) is 0.120. The summed E-state index contributed by atoms with van der Waals surface area (Å²) in [5, 5.41) is 14.1. The smallest absolute Gasteiger partial charge is 0.250 e. The van der Waals surface area contributed by atoms with Crippen LogP contribution >= 0.6 is 23.4 Å². The second-order valence-corrected chi connectivity index (χ2v) is 8.86. The summed E-state index contributed by atoms with van der Waals surface area (Å²) in [5.41, 5.74) is 7.61. The molecular formula is C25H22ClN5OS. The van der Waals surface area contributed by atoms with Crippen molar-refractivity contribution >= 4 is 35.5 Å². The average molecular weight is 476 g/mol. The molecule has 0 atom stereocenters. The molecule has 0 aliphatic heterocycles. The van der Waals surface area contributed by atoms with Gasteiger partial charge in [0.25, 0.3) is 5.91 Å². The summed E-state index contributed by atoms with van der Waals surface area (Å²) in [6.45, 7) is 4.09. The molecule has 33 heavy (non-hydrogen) atoms. The average Bonchev–Trinajstić information content (AvgIpc) is 3.24. The Balaban J connectivity index is 1.51. The van der Waals surface area contributed by atoms with Gasteiger partial charge in [-0.1, -0.05) is 83.0 Å². The quantitative estimate of drug-likeness (QED) is 0.219. The molecule has 1 N–H and O–H groups in total. The third-order valence-electron chi connectivity index (χ3n) is 4.84. The number of hydrogen-bond acceptors (Lipinski definition) is 5. The molecule has 0 fully saturated rings. The Labute approximate surface area is 201 Å². The third-order valence-corrected chi connectivity index (χ3v) is 6.02. The van der Waals surface area contributed by atoms with Crippen LogP contribution in [0, 0.1) is 13.8 Å². The predicted octanol–water partition coefficient (Wildman–Crippen LogP) is 5.45. The number of hydrogen-bond donors (Lipinski definition) is 1. The third kappa shape index (κ3) is 5.88. The summed E-state index contributed by atoms with van der Waals surface area (Å²) in [5.74, 6) is 0.638. The van der Waals surface area contributed by atoms with Gasteiger partial charge in [-0.05, 0) is 43.7 Å². The minimum absolute atomic E-state index is 0.149. The number of thioether (sulfide) groups is 1. The number of aryl methyl sites for hydroxylation is 2. The fourth-order valence-corrected chi connectivity index (χ4v) is 3.94. The van der Waals surface area contributed by atoms with Crippen molar-refractivity contribution < 1.29 is 4.79 Å². The SMILES string of the molecule is Cc1ccc(-c2nnc(SCC(=O)N/N=C/c3ccc(Cl)cc3)n2-c2ccc(C)cc2)cc1. The maximum absolute atomic E-state index is 12.3. The van der Waals surface area contributed by atoms with E-state index in [0.29, 0.717) is 10.2 Å². The van der Waals surface area contributed by atoms with E-state index in [1.165, 1.54) is 17.3 Å². The van der Waals surface area contributed by atoms with E-state index in [0.717, 1.165) is 28.2 Å². The van der Waals surface area contributed by atoms with Crippen molar-refractivity contribution in [2.45, 2.75) is 19.0 Å². The van der Waals surface area contributed by atoms with Crippen molar-refractivity contribution in [3.8, 4) is 17.1 Å². The first kappa shape index (κ1) is 22.8. The van der Waals surface area contributed by atoms with Crippen molar-refractivity contribution in [1.29, 1.82) is 0 Å². The molecular weight excluding hydrogens is 454 g/mol. The van der Waals surface area contributed by atoms with Gasteiger partial charge >= 0.3 is 0 Å². The molecule has 0 aliphatic carbocycles. The lowest BCUT2D eigenvalue weighted by Crippen LogP contribution is -2.20. The van der Waals surface area contributed by atoms with Crippen molar-refractivity contribution in [3.05, 3.63) is 94.5 Å². The molecule has 8 heteroatoms. The van der Waals surface area contributed by atoms with E-state index < -0.39 is 0 Å². The Hall–Kier alpha value is -3.42. The van der Waals surface area contributed by atoms with Crippen LogP contribution in [0.4, 0.5) is 0 Å². The van der Waals surface area contributed by atoms with Gasteiger partial charge in [-0.15, -0.1) is 10.2 Å². The van der Waals surface area contributed by atoms with Crippen molar-refractivity contribution in [2.24, 2.45) is 5.10 Å². The number of aromatic nitrogens is 3. The highest BCUT2D eigenvalue weighted by Gasteiger charge is 2.17. The summed E-state index contributed by atoms with van der Waals surface area (Å²) in [4.78, 5) is 12.3. The van der Waals surface area contributed by atoms with E-state index in [4.69, 9.17) is 11.6 Å². The Kier molecular flexibility index (Phi) is 7.22. The van der Waals surface area contributed by atoms with E-state index in [-0.39, 0.29) is 11.7 Å². The number of hydrazone groups is 1. The molecule has 0 unspecified atom stereocenters. The molecule has 1 heterocycles. The molecule has 0 spiro atoms. The zero-order valence-corrected chi connectivity index (χ0v) is 19.8. The number of amides is 1. The molecule has 0 saturated carbocycles. The van der Waals surface area contributed by atoms with Crippen molar-refractivity contribution in [1.82, 2.24) is 20.2 Å². The Morgan fingerprint density at radius 1 is 0.970 bits per heavy atom. The van der Waals surface area contributed by atoms with E-state index in [2.05, 4.69) is 20.7 Å². The Morgan fingerprint density at radius 2 is 1.61 bits per heavy atom. The number of carbonyl (C=O) groups excluding carboxylic acids is 1. The maximum atomic E-state index is 12.3. The first-order valence-electron chi connectivity index (χ1n) is 10.3. The number of benzene rings is 3. The fourth-order valence-electron chi connectivity index (χ4n) is 3.07. The first-order valence-corrected chi connectivity index (χ1v) is 11.7. The van der Waals surface area contributed by atoms with E-state index >= 15 is 0 Å². The van der Waals surface area contributed by atoms with Gasteiger partial charge in [0.05, 0.1) is 12.0 Å². The van der Waals surface area contributed by atoms with Gasteiger partial charge in [0.15, 0.2) is 11.0 Å². The lowest BCUT2D eigenvalue weighted by atomic mass is 10.1. The highest BCUT2D eigenvalue weighted by atomic mass is 35.5. The molecule has 1 aromatic heterocycles. The van der Waals surface area contributed by atoms with Gasteiger partial charge < -0.3 is 0 Å². The van der Waals surface area contributed by atoms with Gasteiger partial charge in [-0.2, -0.15) is 5.10 Å². The highest BCUT2D eigenvalue weighted by molar-refractivity contribution is 7.99. The Bertz CT molecular complexity index is 1270. The summed E-state index contributed by atoms with van der Waals surface area (Å²) in [7, 11) is 0.